The molecule has 1 aliphatic rings. The first-order valence-electron chi connectivity index (χ1n) is 9.92. The van der Waals surface area contributed by atoms with Gasteiger partial charge in [-0.05, 0) is 44.5 Å². The highest BCUT2D eigenvalue weighted by Crippen LogP contribution is 2.15. The second kappa shape index (κ2) is 10.0. The van der Waals surface area contributed by atoms with E-state index in [1.807, 2.05) is 30.3 Å². The quantitative estimate of drug-likeness (QED) is 0.753. The van der Waals surface area contributed by atoms with Crippen LogP contribution in [-0.2, 0) is 6.54 Å². The zero-order valence-corrected chi connectivity index (χ0v) is 16.3. The Morgan fingerprint density at radius 1 is 1.18 bits per heavy atom. The molecule has 2 aromatic rings. The third-order valence-electron chi connectivity index (χ3n) is 5.04. The number of benzene rings is 1. The Morgan fingerprint density at radius 3 is 2.79 bits per heavy atom. The highest BCUT2D eigenvalue weighted by atomic mass is 16.5. The highest BCUT2D eigenvalue weighted by molar-refractivity contribution is 5.91. The predicted octanol–water partition coefficient (Wildman–Crippen LogP) is 1.93. The van der Waals surface area contributed by atoms with Crippen molar-refractivity contribution in [2.45, 2.75) is 38.8 Å². The van der Waals surface area contributed by atoms with Gasteiger partial charge in [0.05, 0.1) is 6.54 Å². The van der Waals surface area contributed by atoms with Gasteiger partial charge in [0, 0.05) is 25.2 Å². The number of hydrogen-bond acceptors (Lipinski definition) is 5. The minimum Gasteiger partial charge on any atom is -0.492 e. The SMILES string of the molecule is CC1CCCCN1CCNC(=O)c1ccc(=O)n(CCOc2ccccc2)n1. The first kappa shape index (κ1) is 20.1. The molecule has 0 spiro atoms. The van der Waals surface area contributed by atoms with Crippen LogP contribution in [-0.4, -0.2) is 52.9 Å². The lowest BCUT2D eigenvalue weighted by Crippen LogP contribution is -2.42. The van der Waals surface area contributed by atoms with Gasteiger partial charge in [0.2, 0.25) is 0 Å². The molecule has 1 aromatic carbocycles. The van der Waals surface area contributed by atoms with E-state index in [9.17, 15) is 9.59 Å². The van der Waals surface area contributed by atoms with Crippen LogP contribution in [0.2, 0.25) is 0 Å². The van der Waals surface area contributed by atoms with Crippen molar-refractivity contribution in [3.8, 4) is 5.75 Å². The normalized spacial score (nSPS) is 17.2. The summed E-state index contributed by atoms with van der Waals surface area (Å²) in [6, 6.07) is 12.8. The Kier molecular flexibility index (Phi) is 7.19. The number of para-hydroxylation sites is 1. The summed E-state index contributed by atoms with van der Waals surface area (Å²) >= 11 is 0. The lowest BCUT2D eigenvalue weighted by atomic mass is 10.0. The zero-order valence-electron chi connectivity index (χ0n) is 16.3. The van der Waals surface area contributed by atoms with E-state index in [-0.39, 0.29) is 23.7 Å². The van der Waals surface area contributed by atoms with Crippen LogP contribution in [0.15, 0.2) is 47.3 Å². The molecule has 1 N–H and O–H groups in total. The van der Waals surface area contributed by atoms with Gasteiger partial charge in [0.15, 0.2) is 0 Å². The fraction of sp³-hybridized carbons (Fsp3) is 0.476. The Hall–Kier alpha value is -2.67. The topological polar surface area (TPSA) is 76.5 Å². The number of rotatable bonds is 8. The number of nitrogens with one attached hydrogen (secondary N) is 1. The number of carbonyl (C=O) groups is 1. The number of piperidine rings is 1. The second-order valence-electron chi connectivity index (χ2n) is 7.08. The van der Waals surface area contributed by atoms with Crippen LogP contribution in [0.5, 0.6) is 5.75 Å². The van der Waals surface area contributed by atoms with Gasteiger partial charge in [-0.1, -0.05) is 24.6 Å². The van der Waals surface area contributed by atoms with Gasteiger partial charge in [0.25, 0.3) is 11.5 Å². The molecule has 0 saturated carbocycles. The molecule has 1 amide bonds. The first-order valence-corrected chi connectivity index (χ1v) is 9.92. The minimum atomic E-state index is -0.262. The monoisotopic (exact) mass is 384 g/mol. The number of carbonyl (C=O) groups excluding carboxylic acids is 1. The summed E-state index contributed by atoms with van der Waals surface area (Å²) in [7, 11) is 0. The number of hydrogen-bond donors (Lipinski definition) is 1. The average Bonchev–Trinajstić information content (AvgIpc) is 2.71. The number of nitrogens with zero attached hydrogens (tertiary/aromatic N) is 3. The number of ether oxygens (including phenoxy) is 1. The number of likely N-dealkylation sites (tertiary alicyclic amines) is 1. The maximum Gasteiger partial charge on any atom is 0.271 e. The van der Waals surface area contributed by atoms with Crippen molar-refractivity contribution >= 4 is 5.91 Å². The Bertz CT molecular complexity index is 822. The molecule has 1 fully saturated rings. The van der Waals surface area contributed by atoms with Crippen molar-refractivity contribution in [2.24, 2.45) is 0 Å². The molecule has 0 radical (unpaired) electrons. The molecule has 3 rings (SSSR count). The summed E-state index contributed by atoms with van der Waals surface area (Å²) in [5.41, 5.74) is -0.0126. The molecule has 1 unspecified atom stereocenters. The van der Waals surface area contributed by atoms with Crippen molar-refractivity contribution in [3.05, 3.63) is 58.5 Å². The molecule has 0 bridgehead atoms. The van der Waals surface area contributed by atoms with E-state index in [0.29, 0.717) is 19.2 Å². The Balaban J connectivity index is 1.50. The van der Waals surface area contributed by atoms with Crippen LogP contribution < -0.4 is 15.6 Å². The summed E-state index contributed by atoms with van der Waals surface area (Å²) in [5.74, 6) is 0.471. The Labute approximate surface area is 165 Å². The van der Waals surface area contributed by atoms with E-state index in [2.05, 4.69) is 22.2 Å². The molecule has 150 valence electrons. The van der Waals surface area contributed by atoms with E-state index < -0.39 is 0 Å². The standard InChI is InChI=1S/C21H28N4O3/c1-17-7-5-6-13-24(17)14-12-22-21(27)19-10-11-20(26)25(23-19)15-16-28-18-8-3-2-4-9-18/h2-4,8-11,17H,5-7,12-16H2,1H3,(H,22,27). The van der Waals surface area contributed by atoms with Gasteiger partial charge in [-0.25, -0.2) is 4.68 Å². The molecule has 0 aliphatic carbocycles. The van der Waals surface area contributed by atoms with Crippen LogP contribution in [0.25, 0.3) is 0 Å². The van der Waals surface area contributed by atoms with Gasteiger partial charge in [0.1, 0.15) is 18.1 Å². The molecule has 1 aromatic heterocycles. The predicted molar refractivity (Wildman–Crippen MR) is 108 cm³/mol. The number of amides is 1. The third kappa shape index (κ3) is 5.66. The number of aromatic nitrogens is 2. The average molecular weight is 384 g/mol. The molecular formula is C21H28N4O3. The third-order valence-corrected chi connectivity index (χ3v) is 5.04. The molecule has 1 saturated heterocycles. The van der Waals surface area contributed by atoms with Crippen molar-refractivity contribution in [3.63, 3.8) is 0 Å². The van der Waals surface area contributed by atoms with Crippen molar-refractivity contribution in [1.82, 2.24) is 20.0 Å². The second-order valence-corrected chi connectivity index (χ2v) is 7.08. The van der Waals surface area contributed by atoms with Crippen molar-refractivity contribution in [2.75, 3.05) is 26.2 Å². The van der Waals surface area contributed by atoms with Gasteiger partial charge < -0.3 is 10.1 Å². The summed E-state index contributed by atoms with van der Waals surface area (Å²) in [6.45, 7) is 5.30. The van der Waals surface area contributed by atoms with E-state index in [0.717, 1.165) is 18.8 Å². The van der Waals surface area contributed by atoms with Crippen LogP contribution in [0.4, 0.5) is 0 Å². The fourth-order valence-electron chi connectivity index (χ4n) is 3.39. The van der Waals surface area contributed by atoms with Crippen LogP contribution in [0.3, 0.4) is 0 Å². The molecule has 7 heteroatoms. The molecule has 1 atom stereocenters. The summed E-state index contributed by atoms with van der Waals surface area (Å²) < 4.78 is 6.87. The van der Waals surface area contributed by atoms with E-state index >= 15 is 0 Å². The lowest BCUT2D eigenvalue weighted by Gasteiger charge is -2.33. The van der Waals surface area contributed by atoms with Gasteiger partial charge in [-0.3, -0.25) is 14.5 Å². The van der Waals surface area contributed by atoms with Gasteiger partial charge in [-0.2, -0.15) is 5.10 Å². The van der Waals surface area contributed by atoms with Crippen LogP contribution in [0, 0.1) is 0 Å². The zero-order chi connectivity index (χ0) is 19.8. The lowest BCUT2D eigenvalue weighted by molar-refractivity contribution is 0.0930. The fourth-order valence-corrected chi connectivity index (χ4v) is 3.39. The van der Waals surface area contributed by atoms with Gasteiger partial charge in [-0.15, -0.1) is 0 Å². The molecule has 1 aliphatic heterocycles. The van der Waals surface area contributed by atoms with Crippen molar-refractivity contribution in [1.29, 1.82) is 0 Å². The maximum absolute atomic E-state index is 12.4. The van der Waals surface area contributed by atoms with Crippen molar-refractivity contribution < 1.29 is 9.53 Å². The molecule has 2 heterocycles. The van der Waals surface area contributed by atoms with Crippen LogP contribution >= 0.6 is 0 Å². The molecular weight excluding hydrogens is 356 g/mol. The summed E-state index contributed by atoms with van der Waals surface area (Å²) in [4.78, 5) is 26.8. The van der Waals surface area contributed by atoms with E-state index in [4.69, 9.17) is 4.74 Å². The van der Waals surface area contributed by atoms with Gasteiger partial charge >= 0.3 is 0 Å². The Morgan fingerprint density at radius 2 is 2.00 bits per heavy atom. The smallest absolute Gasteiger partial charge is 0.271 e. The van der Waals surface area contributed by atoms with E-state index in [1.54, 1.807) is 0 Å². The highest BCUT2D eigenvalue weighted by Gasteiger charge is 2.18. The molecule has 28 heavy (non-hydrogen) atoms. The summed E-state index contributed by atoms with van der Waals surface area (Å²) in [6.07, 6.45) is 3.71. The first-order chi connectivity index (χ1) is 13.6. The molecule has 7 nitrogen and oxygen atoms in total. The summed E-state index contributed by atoms with van der Waals surface area (Å²) in [5, 5.41) is 7.09. The minimum absolute atomic E-state index is 0.242. The largest absolute Gasteiger partial charge is 0.492 e. The maximum atomic E-state index is 12.4. The van der Waals surface area contributed by atoms with E-state index in [1.165, 1.54) is 36.1 Å². The van der Waals surface area contributed by atoms with Crippen LogP contribution in [0.1, 0.15) is 36.7 Å².